The average molecular weight is 546 g/mol. The zero-order chi connectivity index (χ0) is 28.3. The van der Waals surface area contributed by atoms with Gasteiger partial charge in [-0.05, 0) is 50.6 Å². The molecule has 0 heterocycles. The summed E-state index contributed by atoms with van der Waals surface area (Å²) in [7, 11) is -0.467. The molecular weight excluding hydrogens is 518 g/mol. The number of carbonyl (C=O) groups excluding carboxylic acids is 5. The topological polar surface area (TPSA) is 201 Å². The van der Waals surface area contributed by atoms with Crippen LogP contribution in [0.25, 0.3) is 0 Å². The van der Waals surface area contributed by atoms with Gasteiger partial charge < -0.3 is 15.9 Å². The fourth-order valence-electron chi connectivity index (χ4n) is 6.03. The largest absolute Gasteiger partial charge is 0.507 e. The molecule has 1 aromatic rings. The van der Waals surface area contributed by atoms with Crippen LogP contribution in [0.3, 0.4) is 0 Å². The first-order valence-corrected chi connectivity index (χ1v) is 13.6. The van der Waals surface area contributed by atoms with Crippen LogP contribution >= 0.6 is 0 Å². The summed E-state index contributed by atoms with van der Waals surface area (Å²) in [6, 6.07) is 1.48. The predicted molar refractivity (Wildman–Crippen MR) is 131 cm³/mol. The molecule has 0 aromatic heterocycles. The van der Waals surface area contributed by atoms with Gasteiger partial charge >= 0.3 is 0 Å². The third-order valence-corrected chi connectivity index (χ3v) is 8.26. The molecule has 0 bridgehead atoms. The van der Waals surface area contributed by atoms with Crippen LogP contribution in [0.5, 0.6) is 5.75 Å². The zero-order valence-corrected chi connectivity index (χ0v) is 21.7. The van der Waals surface area contributed by atoms with E-state index >= 15 is 0 Å². The lowest BCUT2D eigenvalue weighted by Crippen LogP contribution is -2.74. The van der Waals surface area contributed by atoms with E-state index in [1.54, 1.807) is 0 Å². The number of hydrogen-bond acceptors (Lipinski definition) is 10. The van der Waals surface area contributed by atoms with Crippen molar-refractivity contribution in [1.82, 2.24) is 9.62 Å². The monoisotopic (exact) mass is 545 g/mol. The first-order chi connectivity index (χ1) is 17.6. The molecule has 1 aromatic carbocycles. The summed E-state index contributed by atoms with van der Waals surface area (Å²) < 4.78 is 24.8. The molecule has 38 heavy (non-hydrogen) atoms. The maximum Gasteiger partial charge on any atom is 0.235 e. The Hall–Kier alpha value is -3.44. The maximum absolute atomic E-state index is 13.7. The molecule has 2 fully saturated rings. The van der Waals surface area contributed by atoms with Crippen molar-refractivity contribution in [2.75, 3.05) is 26.9 Å². The number of likely N-dealkylation sites (N-methyl/N-ethyl adjacent to an activating group) is 1. The Morgan fingerprint density at radius 3 is 2.45 bits per heavy atom. The minimum atomic E-state index is -3.48. The second-order valence-electron chi connectivity index (χ2n) is 10.2. The number of fused-ring (bicyclic) bond motifs is 3. The molecule has 0 spiro atoms. The lowest BCUT2D eigenvalue weighted by molar-refractivity contribution is -0.181. The van der Waals surface area contributed by atoms with E-state index in [0.29, 0.717) is 11.1 Å². The second-order valence-corrected chi connectivity index (χ2v) is 12.0. The van der Waals surface area contributed by atoms with Crippen molar-refractivity contribution >= 4 is 39.1 Å². The highest BCUT2D eigenvalue weighted by molar-refractivity contribution is 7.88. The highest BCUT2D eigenvalue weighted by atomic mass is 32.2. The molecule has 0 saturated heterocycles. The molecule has 4 rings (SSSR count). The lowest BCUT2D eigenvalue weighted by atomic mass is 9.52. The van der Waals surface area contributed by atoms with Crippen molar-refractivity contribution < 1.29 is 42.6 Å². The zero-order valence-electron chi connectivity index (χ0n) is 20.8. The van der Waals surface area contributed by atoms with Gasteiger partial charge in [0.1, 0.15) is 5.75 Å². The number of amides is 1. The number of nitrogens with two attached hydrogens (primary N) is 1. The molecule has 202 valence electrons. The molecule has 6 atom stereocenters. The Morgan fingerprint density at radius 1 is 1.21 bits per heavy atom. The summed E-state index contributed by atoms with van der Waals surface area (Å²) in [5.74, 6) is -5.89. The van der Waals surface area contributed by atoms with E-state index in [1.807, 2.05) is 0 Å². The molecule has 2 saturated carbocycles. The van der Waals surface area contributed by atoms with Gasteiger partial charge in [-0.1, -0.05) is 11.8 Å². The number of phenols is 1. The summed E-state index contributed by atoms with van der Waals surface area (Å²) in [4.78, 5) is 67.1. The number of phenolic OH excluding ortho intramolecular Hbond substituents is 1. The molecule has 13 heteroatoms. The van der Waals surface area contributed by atoms with E-state index in [1.165, 1.54) is 31.1 Å². The summed E-state index contributed by atoms with van der Waals surface area (Å²) in [6.07, 6.45) is 0.955. The Bertz CT molecular complexity index is 1460. The van der Waals surface area contributed by atoms with E-state index in [9.17, 15) is 42.6 Å². The Morgan fingerprint density at radius 2 is 1.87 bits per heavy atom. The highest BCUT2D eigenvalue weighted by Crippen LogP contribution is 2.50. The lowest BCUT2D eigenvalue weighted by Gasteiger charge is -2.52. The molecule has 2 unspecified atom stereocenters. The first kappa shape index (κ1) is 27.6. The van der Waals surface area contributed by atoms with E-state index in [-0.39, 0.29) is 24.9 Å². The molecule has 1 amide bonds. The third-order valence-electron chi connectivity index (χ3n) is 7.59. The highest BCUT2D eigenvalue weighted by Gasteiger charge is 2.69. The van der Waals surface area contributed by atoms with Gasteiger partial charge in [-0.2, -0.15) is 0 Å². The number of rotatable bonds is 4. The van der Waals surface area contributed by atoms with Crippen LogP contribution in [0.1, 0.15) is 27.9 Å². The van der Waals surface area contributed by atoms with Crippen LogP contribution in [-0.4, -0.2) is 91.1 Å². The number of nitrogens with zero attached hydrogens (tertiary/aromatic N) is 1. The number of aromatic hydroxyl groups is 1. The van der Waals surface area contributed by atoms with Gasteiger partial charge in [0.15, 0.2) is 34.7 Å². The van der Waals surface area contributed by atoms with Crippen molar-refractivity contribution in [3.05, 3.63) is 28.8 Å². The van der Waals surface area contributed by atoms with E-state index in [4.69, 9.17) is 5.73 Å². The molecule has 3 aliphatic carbocycles. The van der Waals surface area contributed by atoms with Crippen molar-refractivity contribution in [1.29, 1.82) is 0 Å². The molecule has 5 N–H and O–H groups in total. The standard InChI is InChI=1S/C25H27N3O9S/c1-28(2)19-14-10-12-9-13-11(5-4-8-27-38(3,36)37)6-7-15(29)17(13)20(30)16(12)22(32)25(14,35)23(33)18(21(19)31)24(26)34/h6-7,12,14,16,18-19,27,29,35H,8-10H2,1-3H3,(H2,26,34)/t12-,14-,16?,18?,19-,25-/m1/s1. The summed E-state index contributed by atoms with van der Waals surface area (Å²) in [5.41, 5.74) is 3.00. The minimum Gasteiger partial charge on any atom is -0.507 e. The van der Waals surface area contributed by atoms with Crippen LogP contribution in [0.15, 0.2) is 12.1 Å². The Labute approximate surface area is 218 Å². The smallest absolute Gasteiger partial charge is 0.235 e. The first-order valence-electron chi connectivity index (χ1n) is 11.7. The van der Waals surface area contributed by atoms with Gasteiger partial charge in [0.2, 0.25) is 15.9 Å². The number of primary amides is 1. The fraction of sp³-hybridized carbons (Fsp3) is 0.480. The molecule has 0 aliphatic heterocycles. The van der Waals surface area contributed by atoms with E-state index < -0.39 is 80.1 Å². The summed E-state index contributed by atoms with van der Waals surface area (Å²) in [6.45, 7) is -0.197. The van der Waals surface area contributed by atoms with Crippen molar-refractivity contribution in [2.24, 2.45) is 29.4 Å². The van der Waals surface area contributed by atoms with E-state index in [2.05, 4.69) is 16.6 Å². The van der Waals surface area contributed by atoms with Crippen molar-refractivity contribution in [2.45, 2.75) is 24.5 Å². The number of aliphatic hydroxyl groups is 1. The van der Waals surface area contributed by atoms with Gasteiger partial charge in [-0.25, -0.2) is 13.1 Å². The third kappa shape index (κ3) is 4.23. The van der Waals surface area contributed by atoms with Gasteiger partial charge in [0.25, 0.3) is 0 Å². The van der Waals surface area contributed by atoms with Gasteiger partial charge in [-0.3, -0.25) is 28.9 Å². The molecular formula is C25H27N3O9S. The molecule has 12 nitrogen and oxygen atoms in total. The number of hydrogen-bond donors (Lipinski definition) is 4. The quantitative estimate of drug-likeness (QED) is 0.237. The number of ketones is 4. The summed E-state index contributed by atoms with van der Waals surface area (Å²) >= 11 is 0. The molecule has 0 radical (unpaired) electrons. The minimum absolute atomic E-state index is 0.0593. The number of sulfonamides is 1. The SMILES string of the molecule is CN(C)[C@H]1C(=O)C(C(N)=O)C(=O)[C@]2(O)C(=O)C3C(=O)c4c(O)ccc(C#CCNS(C)(=O)=O)c4C[C@@H]3C[C@H]12. The van der Waals surface area contributed by atoms with Crippen LogP contribution < -0.4 is 10.5 Å². The van der Waals surface area contributed by atoms with Crippen LogP contribution in [0, 0.1) is 35.5 Å². The van der Waals surface area contributed by atoms with Crippen molar-refractivity contribution in [3.63, 3.8) is 0 Å². The summed E-state index contributed by atoms with van der Waals surface area (Å²) in [5, 5.41) is 22.0. The number of carbonyl (C=O) groups is 5. The van der Waals surface area contributed by atoms with Gasteiger partial charge in [0.05, 0.1) is 30.3 Å². The Kier molecular flexibility index (Phi) is 6.82. The normalized spacial score (nSPS) is 30.7. The Balaban J connectivity index is 1.80. The molecule has 3 aliphatic rings. The fourth-order valence-corrected chi connectivity index (χ4v) is 6.36. The average Bonchev–Trinajstić information content (AvgIpc) is 2.79. The van der Waals surface area contributed by atoms with E-state index in [0.717, 1.165) is 6.26 Å². The second kappa shape index (κ2) is 9.39. The number of nitrogens with one attached hydrogen (secondary N) is 1. The van der Waals surface area contributed by atoms with Gasteiger partial charge in [-0.15, -0.1) is 0 Å². The van der Waals surface area contributed by atoms with Gasteiger partial charge in [0, 0.05) is 11.5 Å². The number of benzene rings is 1. The predicted octanol–water partition coefficient (Wildman–Crippen LogP) is -2.23. The van der Waals surface area contributed by atoms with Crippen molar-refractivity contribution in [3.8, 4) is 17.6 Å². The maximum atomic E-state index is 13.7. The van der Waals surface area contributed by atoms with Crippen LogP contribution in [0.2, 0.25) is 0 Å². The number of Topliss-reactive ketones (excluding diaryl/α,β-unsaturated/α-hetero) is 4. The van der Waals surface area contributed by atoms with Crippen LogP contribution in [-0.2, 0) is 35.6 Å². The van der Waals surface area contributed by atoms with Crippen LogP contribution in [0.4, 0.5) is 0 Å².